The number of amides is 1. The lowest BCUT2D eigenvalue weighted by Crippen LogP contribution is -2.35. The predicted molar refractivity (Wildman–Crippen MR) is 128 cm³/mol. The second-order valence-electron chi connectivity index (χ2n) is 7.53. The summed E-state index contributed by atoms with van der Waals surface area (Å²) in [4.78, 5) is 21.1. The van der Waals surface area contributed by atoms with Gasteiger partial charge in [0.15, 0.2) is 17.3 Å². The van der Waals surface area contributed by atoms with Gasteiger partial charge in [-0.3, -0.25) is 9.48 Å². The average molecular weight is 496 g/mol. The first-order valence-electron chi connectivity index (χ1n) is 10.5. The Kier molecular flexibility index (Phi) is 6.08. The van der Waals surface area contributed by atoms with Gasteiger partial charge in [0.25, 0.3) is 5.91 Å². The molecule has 0 saturated carbocycles. The molecule has 0 bridgehead atoms. The SMILES string of the molecule is COc1cc(-c2nccc(-c3cc4n(n3)CCNC4=O)n2)cc(Cl)c1OCc1ccccc1Cl. The molecule has 0 aliphatic carbocycles. The fourth-order valence-corrected chi connectivity index (χ4v) is 4.11. The van der Waals surface area contributed by atoms with E-state index in [1.54, 1.807) is 41.2 Å². The Labute approximate surface area is 205 Å². The van der Waals surface area contributed by atoms with E-state index in [-0.39, 0.29) is 12.5 Å². The zero-order valence-electron chi connectivity index (χ0n) is 18.1. The summed E-state index contributed by atoms with van der Waals surface area (Å²) in [6.45, 7) is 1.40. The number of fused-ring (bicyclic) bond motifs is 1. The standard InChI is InChI=1S/C24H19Cl2N5O3/c1-33-21-11-15(10-17(26)22(21)34-13-14-4-2-3-5-16(14)25)23-27-7-6-18(29-23)19-12-20-24(32)28-8-9-31(20)30-19/h2-7,10-12H,8-9,13H2,1H3,(H,28,32). The molecule has 3 heterocycles. The lowest BCUT2D eigenvalue weighted by atomic mass is 10.1. The van der Waals surface area contributed by atoms with Crippen LogP contribution in [0, 0.1) is 0 Å². The third kappa shape index (κ3) is 4.30. The Balaban J connectivity index is 1.45. The lowest BCUT2D eigenvalue weighted by molar-refractivity contribution is 0.0924. The molecule has 0 saturated heterocycles. The van der Waals surface area contributed by atoms with E-state index in [0.29, 0.717) is 63.1 Å². The molecule has 2 aromatic heterocycles. The number of rotatable bonds is 6. The molecular weight excluding hydrogens is 477 g/mol. The Morgan fingerprint density at radius 3 is 2.74 bits per heavy atom. The van der Waals surface area contributed by atoms with Crippen LogP contribution < -0.4 is 14.8 Å². The molecule has 1 aliphatic heterocycles. The average Bonchev–Trinajstić information content (AvgIpc) is 3.30. The highest BCUT2D eigenvalue weighted by molar-refractivity contribution is 6.32. The number of halogens is 2. The number of carbonyl (C=O) groups excluding carboxylic acids is 1. The molecule has 1 N–H and O–H groups in total. The fraction of sp³-hybridized carbons (Fsp3) is 0.167. The second-order valence-corrected chi connectivity index (χ2v) is 8.34. The highest BCUT2D eigenvalue weighted by atomic mass is 35.5. The van der Waals surface area contributed by atoms with Crippen LogP contribution in [0.3, 0.4) is 0 Å². The van der Waals surface area contributed by atoms with E-state index >= 15 is 0 Å². The van der Waals surface area contributed by atoms with Crippen LogP contribution >= 0.6 is 23.2 Å². The van der Waals surface area contributed by atoms with Crippen molar-refractivity contribution in [1.29, 1.82) is 0 Å². The summed E-state index contributed by atoms with van der Waals surface area (Å²) in [5, 5.41) is 8.28. The van der Waals surface area contributed by atoms with Crippen LogP contribution in [0.15, 0.2) is 54.7 Å². The van der Waals surface area contributed by atoms with Crippen molar-refractivity contribution in [3.63, 3.8) is 0 Å². The van der Waals surface area contributed by atoms with Gasteiger partial charge in [0.05, 0.1) is 24.4 Å². The topological polar surface area (TPSA) is 91.2 Å². The number of nitrogens with one attached hydrogen (secondary N) is 1. The summed E-state index contributed by atoms with van der Waals surface area (Å²) in [5.74, 6) is 1.13. The minimum atomic E-state index is -0.150. The van der Waals surface area contributed by atoms with E-state index in [9.17, 15) is 4.79 Å². The van der Waals surface area contributed by atoms with Gasteiger partial charge < -0.3 is 14.8 Å². The van der Waals surface area contributed by atoms with Crippen molar-refractivity contribution in [3.8, 4) is 34.3 Å². The summed E-state index contributed by atoms with van der Waals surface area (Å²) >= 11 is 12.8. The fourth-order valence-electron chi connectivity index (χ4n) is 3.66. The molecule has 0 unspecified atom stereocenters. The molecule has 0 fully saturated rings. The first-order valence-corrected chi connectivity index (χ1v) is 11.2. The summed E-state index contributed by atoms with van der Waals surface area (Å²) in [6, 6.07) is 14.4. The van der Waals surface area contributed by atoms with Gasteiger partial charge in [-0.1, -0.05) is 41.4 Å². The van der Waals surface area contributed by atoms with Crippen molar-refractivity contribution in [1.82, 2.24) is 25.1 Å². The van der Waals surface area contributed by atoms with Crippen molar-refractivity contribution in [3.05, 3.63) is 76.0 Å². The van der Waals surface area contributed by atoms with Crippen LogP contribution in [0.5, 0.6) is 11.5 Å². The highest BCUT2D eigenvalue weighted by Gasteiger charge is 2.21. The van der Waals surface area contributed by atoms with Crippen molar-refractivity contribution in [2.75, 3.05) is 13.7 Å². The van der Waals surface area contributed by atoms with Gasteiger partial charge in [0.2, 0.25) is 0 Å². The molecular formula is C24H19Cl2N5O3. The molecule has 172 valence electrons. The number of aromatic nitrogens is 4. The van der Waals surface area contributed by atoms with Crippen molar-refractivity contribution < 1.29 is 14.3 Å². The van der Waals surface area contributed by atoms with Crippen LogP contribution in [0.1, 0.15) is 16.1 Å². The van der Waals surface area contributed by atoms with Gasteiger partial charge >= 0.3 is 0 Å². The Morgan fingerprint density at radius 1 is 1.09 bits per heavy atom. The van der Waals surface area contributed by atoms with Crippen molar-refractivity contribution in [2.45, 2.75) is 13.2 Å². The smallest absolute Gasteiger partial charge is 0.269 e. The maximum absolute atomic E-state index is 12.1. The summed E-state index contributed by atoms with van der Waals surface area (Å²) in [7, 11) is 1.54. The first kappa shape index (κ1) is 22.2. The van der Waals surface area contributed by atoms with Gasteiger partial charge in [-0.2, -0.15) is 5.10 Å². The maximum Gasteiger partial charge on any atom is 0.269 e. The summed E-state index contributed by atoms with van der Waals surface area (Å²) in [6.07, 6.45) is 1.64. The zero-order valence-corrected chi connectivity index (χ0v) is 19.6. The number of carbonyl (C=O) groups is 1. The van der Waals surface area contributed by atoms with E-state index in [1.807, 2.05) is 18.2 Å². The zero-order chi connectivity index (χ0) is 23.7. The molecule has 1 amide bonds. The predicted octanol–water partition coefficient (Wildman–Crippen LogP) is 4.64. The summed E-state index contributed by atoms with van der Waals surface area (Å²) in [5.41, 5.74) is 3.17. The Hall–Kier alpha value is -3.62. The number of methoxy groups -OCH3 is 1. The van der Waals surface area contributed by atoms with E-state index in [4.69, 9.17) is 32.7 Å². The van der Waals surface area contributed by atoms with Gasteiger partial charge in [-0.25, -0.2) is 9.97 Å². The van der Waals surface area contributed by atoms with Gasteiger partial charge in [0.1, 0.15) is 18.0 Å². The molecule has 10 heteroatoms. The molecule has 8 nitrogen and oxygen atoms in total. The maximum atomic E-state index is 12.1. The van der Waals surface area contributed by atoms with E-state index in [1.165, 1.54) is 7.11 Å². The molecule has 0 spiro atoms. The normalized spacial score (nSPS) is 12.7. The molecule has 0 atom stereocenters. The highest BCUT2D eigenvalue weighted by Crippen LogP contribution is 2.39. The van der Waals surface area contributed by atoms with Crippen LogP contribution in [-0.2, 0) is 13.2 Å². The molecule has 2 aromatic carbocycles. The van der Waals surface area contributed by atoms with Crippen LogP contribution in [0.2, 0.25) is 10.0 Å². The molecule has 4 aromatic rings. The van der Waals surface area contributed by atoms with E-state index in [2.05, 4.69) is 20.4 Å². The monoisotopic (exact) mass is 495 g/mol. The van der Waals surface area contributed by atoms with Crippen LogP contribution in [0.25, 0.3) is 22.8 Å². The van der Waals surface area contributed by atoms with Crippen LogP contribution in [0.4, 0.5) is 0 Å². The van der Waals surface area contributed by atoms with Crippen LogP contribution in [-0.4, -0.2) is 39.3 Å². The molecule has 5 rings (SSSR count). The Bertz CT molecular complexity index is 1390. The second kappa shape index (κ2) is 9.32. The number of benzene rings is 2. The minimum absolute atomic E-state index is 0.150. The third-order valence-corrected chi connectivity index (χ3v) is 6.01. The van der Waals surface area contributed by atoms with Gasteiger partial charge in [0, 0.05) is 28.9 Å². The van der Waals surface area contributed by atoms with Crippen molar-refractivity contribution >= 4 is 29.1 Å². The molecule has 1 aliphatic rings. The quantitative estimate of drug-likeness (QED) is 0.418. The summed E-state index contributed by atoms with van der Waals surface area (Å²) < 4.78 is 13.1. The number of hydrogen-bond acceptors (Lipinski definition) is 6. The lowest BCUT2D eigenvalue weighted by Gasteiger charge is -2.14. The number of nitrogens with zero attached hydrogens (tertiary/aromatic N) is 4. The van der Waals surface area contributed by atoms with Gasteiger partial charge in [-0.15, -0.1) is 0 Å². The number of ether oxygens (including phenoxy) is 2. The van der Waals surface area contributed by atoms with Crippen molar-refractivity contribution in [2.24, 2.45) is 0 Å². The molecule has 34 heavy (non-hydrogen) atoms. The Morgan fingerprint density at radius 2 is 1.94 bits per heavy atom. The largest absolute Gasteiger partial charge is 0.493 e. The molecule has 0 radical (unpaired) electrons. The minimum Gasteiger partial charge on any atom is -0.493 e. The first-order chi connectivity index (χ1) is 16.5. The number of hydrogen-bond donors (Lipinski definition) is 1. The van der Waals surface area contributed by atoms with Gasteiger partial charge in [-0.05, 0) is 30.3 Å². The van der Waals surface area contributed by atoms with E-state index < -0.39 is 0 Å². The van der Waals surface area contributed by atoms with E-state index in [0.717, 1.165) is 5.56 Å². The third-order valence-electron chi connectivity index (χ3n) is 5.36.